The Labute approximate surface area is 162 Å². The van der Waals surface area contributed by atoms with E-state index in [0.29, 0.717) is 29.2 Å². The van der Waals surface area contributed by atoms with E-state index in [1.54, 1.807) is 6.20 Å². The Morgan fingerprint density at radius 1 is 1.27 bits per heavy atom. The molecule has 5 nitrogen and oxygen atoms in total. The number of nitrogens with zero attached hydrogens (tertiary/aromatic N) is 4. The van der Waals surface area contributed by atoms with Gasteiger partial charge in [0.15, 0.2) is 0 Å². The predicted octanol–water partition coefficient (Wildman–Crippen LogP) is 3.50. The topological polar surface area (TPSA) is 49.3 Å². The van der Waals surface area contributed by atoms with Crippen molar-refractivity contribution >= 4 is 34.8 Å². The van der Waals surface area contributed by atoms with Crippen LogP contribution in [0.15, 0.2) is 24.4 Å². The maximum Gasteiger partial charge on any atom is 0.223 e. The van der Waals surface area contributed by atoms with Gasteiger partial charge in [-0.25, -0.2) is 9.97 Å². The lowest BCUT2D eigenvalue weighted by atomic mass is 9.94. The van der Waals surface area contributed by atoms with Crippen LogP contribution >= 0.6 is 23.2 Å². The Balaban J connectivity index is 1.34. The fourth-order valence-electron chi connectivity index (χ4n) is 3.74. The van der Waals surface area contributed by atoms with E-state index in [-0.39, 0.29) is 5.91 Å². The highest BCUT2D eigenvalue weighted by atomic mass is 35.5. The number of halogens is 2. The van der Waals surface area contributed by atoms with Crippen LogP contribution in [0.4, 0.5) is 5.69 Å². The molecule has 2 aliphatic rings. The van der Waals surface area contributed by atoms with Gasteiger partial charge in [0.1, 0.15) is 10.3 Å². The van der Waals surface area contributed by atoms with Crippen molar-refractivity contribution < 1.29 is 4.79 Å². The minimum Gasteiger partial charge on any atom is -0.371 e. The molecule has 1 saturated heterocycles. The van der Waals surface area contributed by atoms with Crippen molar-refractivity contribution in [1.82, 2.24) is 14.9 Å². The SMILES string of the molecule is Cc1cc(Cl)nc2c1CN(C(=O)CC1CN(c3ccnc(Cl)c3)C1)CC2. The van der Waals surface area contributed by atoms with Crippen molar-refractivity contribution in [3.63, 3.8) is 0 Å². The number of rotatable bonds is 3. The minimum atomic E-state index is 0.224. The van der Waals surface area contributed by atoms with Crippen LogP contribution in [-0.4, -0.2) is 40.4 Å². The van der Waals surface area contributed by atoms with Gasteiger partial charge < -0.3 is 9.80 Å². The third-order valence-electron chi connectivity index (χ3n) is 5.22. The lowest BCUT2D eigenvalue weighted by Crippen LogP contribution is -2.49. The van der Waals surface area contributed by atoms with Gasteiger partial charge in [0.2, 0.25) is 5.91 Å². The van der Waals surface area contributed by atoms with Crippen LogP contribution in [0.2, 0.25) is 10.3 Å². The molecule has 2 aromatic heterocycles. The number of carbonyl (C=O) groups is 1. The quantitative estimate of drug-likeness (QED) is 0.752. The predicted molar refractivity (Wildman–Crippen MR) is 103 cm³/mol. The summed E-state index contributed by atoms with van der Waals surface area (Å²) >= 11 is 12.0. The fraction of sp³-hybridized carbons (Fsp3) is 0.421. The molecule has 0 bridgehead atoms. The molecule has 1 amide bonds. The van der Waals surface area contributed by atoms with Crippen molar-refractivity contribution in [1.29, 1.82) is 0 Å². The first-order valence-electron chi connectivity index (χ1n) is 8.79. The van der Waals surface area contributed by atoms with E-state index in [2.05, 4.69) is 14.9 Å². The highest BCUT2D eigenvalue weighted by Crippen LogP contribution is 2.29. The molecule has 4 heterocycles. The van der Waals surface area contributed by atoms with Gasteiger partial charge in [-0.05, 0) is 36.2 Å². The Bertz CT molecular complexity index is 851. The summed E-state index contributed by atoms with van der Waals surface area (Å²) in [4.78, 5) is 25.3. The van der Waals surface area contributed by atoms with Crippen LogP contribution in [0, 0.1) is 12.8 Å². The van der Waals surface area contributed by atoms with E-state index in [1.165, 1.54) is 0 Å². The van der Waals surface area contributed by atoms with Crippen molar-refractivity contribution in [3.05, 3.63) is 51.5 Å². The van der Waals surface area contributed by atoms with Crippen molar-refractivity contribution in [2.45, 2.75) is 26.3 Å². The van der Waals surface area contributed by atoms with Gasteiger partial charge in [0, 0.05) is 62.5 Å². The average Bonchev–Trinajstić information content (AvgIpc) is 2.57. The van der Waals surface area contributed by atoms with Gasteiger partial charge in [-0.3, -0.25) is 4.79 Å². The van der Waals surface area contributed by atoms with Gasteiger partial charge in [-0.1, -0.05) is 23.2 Å². The van der Waals surface area contributed by atoms with Crippen LogP contribution in [0.1, 0.15) is 23.2 Å². The van der Waals surface area contributed by atoms with Gasteiger partial charge >= 0.3 is 0 Å². The molecule has 136 valence electrons. The minimum absolute atomic E-state index is 0.224. The number of aryl methyl sites for hydroxylation is 1. The van der Waals surface area contributed by atoms with Crippen molar-refractivity contribution in [2.24, 2.45) is 5.92 Å². The molecular formula is C19H20Cl2N4O. The molecule has 0 N–H and O–H groups in total. The number of carbonyl (C=O) groups excluding carboxylic acids is 1. The molecule has 2 aliphatic heterocycles. The van der Waals surface area contributed by atoms with Gasteiger partial charge in [0.25, 0.3) is 0 Å². The molecule has 0 atom stereocenters. The first kappa shape index (κ1) is 17.6. The lowest BCUT2D eigenvalue weighted by molar-refractivity contribution is -0.133. The van der Waals surface area contributed by atoms with E-state index in [9.17, 15) is 4.79 Å². The number of hydrogen-bond donors (Lipinski definition) is 0. The summed E-state index contributed by atoms with van der Waals surface area (Å²) in [5.74, 6) is 0.614. The van der Waals surface area contributed by atoms with Crippen LogP contribution < -0.4 is 4.90 Å². The smallest absolute Gasteiger partial charge is 0.223 e. The second-order valence-corrected chi connectivity index (χ2v) is 7.84. The zero-order valence-electron chi connectivity index (χ0n) is 14.6. The lowest BCUT2D eigenvalue weighted by Gasteiger charge is -2.41. The summed E-state index contributed by atoms with van der Waals surface area (Å²) < 4.78 is 0. The summed E-state index contributed by atoms with van der Waals surface area (Å²) in [6, 6.07) is 5.69. The molecule has 0 saturated carbocycles. The van der Waals surface area contributed by atoms with Crippen LogP contribution in [0.3, 0.4) is 0 Å². The Morgan fingerprint density at radius 2 is 2.08 bits per heavy atom. The Hall–Kier alpha value is -1.85. The monoisotopic (exact) mass is 390 g/mol. The molecule has 0 aromatic carbocycles. The van der Waals surface area contributed by atoms with Crippen LogP contribution in [0.25, 0.3) is 0 Å². The number of pyridine rings is 2. The van der Waals surface area contributed by atoms with E-state index in [0.717, 1.165) is 48.6 Å². The number of aromatic nitrogens is 2. The second-order valence-electron chi connectivity index (χ2n) is 7.06. The Kier molecular flexibility index (Phi) is 4.76. The molecule has 0 radical (unpaired) electrons. The molecule has 7 heteroatoms. The average molecular weight is 391 g/mol. The maximum atomic E-state index is 12.7. The van der Waals surface area contributed by atoms with Gasteiger partial charge in [0.05, 0.1) is 0 Å². The maximum absolute atomic E-state index is 12.7. The molecule has 0 spiro atoms. The number of anilines is 1. The molecule has 26 heavy (non-hydrogen) atoms. The van der Waals surface area contributed by atoms with Crippen LogP contribution in [-0.2, 0) is 17.8 Å². The Morgan fingerprint density at radius 3 is 2.85 bits per heavy atom. The number of fused-ring (bicyclic) bond motifs is 1. The summed E-state index contributed by atoms with van der Waals surface area (Å²) in [7, 11) is 0. The molecule has 1 fully saturated rings. The van der Waals surface area contributed by atoms with Gasteiger partial charge in [-0.2, -0.15) is 0 Å². The van der Waals surface area contributed by atoms with E-state index in [4.69, 9.17) is 23.2 Å². The zero-order valence-corrected chi connectivity index (χ0v) is 16.1. The van der Waals surface area contributed by atoms with Gasteiger partial charge in [-0.15, -0.1) is 0 Å². The van der Waals surface area contributed by atoms with E-state index in [1.807, 2.05) is 30.0 Å². The standard InChI is InChI=1S/C19H20Cl2N4O/c1-12-6-18(21)23-16-3-5-24(11-15(12)16)19(26)7-13-9-25(10-13)14-2-4-22-17(20)8-14/h2,4,6,8,13H,3,5,7,9-11H2,1H3. The van der Waals surface area contributed by atoms with E-state index < -0.39 is 0 Å². The zero-order chi connectivity index (χ0) is 18.3. The van der Waals surface area contributed by atoms with Crippen molar-refractivity contribution in [3.8, 4) is 0 Å². The largest absolute Gasteiger partial charge is 0.371 e. The first-order valence-corrected chi connectivity index (χ1v) is 9.54. The highest BCUT2D eigenvalue weighted by molar-refractivity contribution is 6.29. The fourth-order valence-corrected chi connectivity index (χ4v) is 4.18. The molecule has 0 unspecified atom stereocenters. The van der Waals surface area contributed by atoms with E-state index >= 15 is 0 Å². The third-order valence-corrected chi connectivity index (χ3v) is 5.62. The van der Waals surface area contributed by atoms with Crippen LogP contribution in [0.5, 0.6) is 0 Å². The summed E-state index contributed by atoms with van der Waals surface area (Å²) in [6.45, 7) is 5.15. The first-order chi connectivity index (χ1) is 12.5. The summed E-state index contributed by atoms with van der Waals surface area (Å²) in [5, 5.41) is 1.03. The highest BCUT2D eigenvalue weighted by Gasteiger charge is 2.31. The number of hydrogen-bond acceptors (Lipinski definition) is 4. The molecule has 2 aromatic rings. The molecule has 4 rings (SSSR count). The summed E-state index contributed by atoms with van der Waals surface area (Å²) in [5.41, 5.74) is 4.36. The second kappa shape index (κ2) is 7.05. The molecular weight excluding hydrogens is 371 g/mol. The molecule has 0 aliphatic carbocycles. The van der Waals surface area contributed by atoms with Crippen molar-refractivity contribution in [2.75, 3.05) is 24.5 Å². The normalized spacial score (nSPS) is 17.0. The number of amides is 1. The third kappa shape index (κ3) is 3.51. The summed E-state index contributed by atoms with van der Waals surface area (Å²) in [6.07, 6.45) is 3.07.